The third-order valence-electron chi connectivity index (χ3n) is 5.36. The van der Waals surface area contributed by atoms with Gasteiger partial charge in [0.2, 0.25) is 5.91 Å². The lowest BCUT2D eigenvalue weighted by molar-refractivity contribution is -0.117. The van der Waals surface area contributed by atoms with Gasteiger partial charge in [-0.3, -0.25) is 14.4 Å². The highest BCUT2D eigenvalue weighted by Gasteiger charge is 2.47. The average molecular weight is 306 g/mol. The minimum Gasteiger partial charge on any atom is -0.390 e. The van der Waals surface area contributed by atoms with Gasteiger partial charge in [0, 0.05) is 32.3 Å². The molecule has 1 saturated heterocycles. The Kier molecular flexibility index (Phi) is 4.23. The third kappa shape index (κ3) is 3.03. The molecule has 0 radical (unpaired) electrons. The largest absolute Gasteiger partial charge is 0.390 e. The molecule has 0 aromatic carbocycles. The summed E-state index contributed by atoms with van der Waals surface area (Å²) in [6, 6.07) is 0. The minimum absolute atomic E-state index is 0.00770. The molecule has 1 aromatic rings. The third-order valence-corrected chi connectivity index (χ3v) is 5.36. The zero-order valence-electron chi connectivity index (χ0n) is 13.5. The molecular weight excluding hydrogens is 280 g/mol. The van der Waals surface area contributed by atoms with Crippen LogP contribution in [0.1, 0.15) is 32.6 Å². The molecule has 3 atom stereocenters. The van der Waals surface area contributed by atoms with Crippen LogP contribution in [0.5, 0.6) is 0 Å². The summed E-state index contributed by atoms with van der Waals surface area (Å²) in [6.07, 6.45) is 7.42. The van der Waals surface area contributed by atoms with Crippen LogP contribution in [0.15, 0.2) is 12.4 Å². The molecule has 3 rings (SSSR count). The zero-order chi connectivity index (χ0) is 15.7. The highest BCUT2D eigenvalue weighted by molar-refractivity contribution is 5.91. The van der Waals surface area contributed by atoms with E-state index < -0.39 is 5.60 Å². The average Bonchev–Trinajstić information content (AvgIpc) is 3.06. The molecule has 1 aliphatic carbocycles. The molecule has 2 aliphatic rings. The Morgan fingerprint density at radius 2 is 2.36 bits per heavy atom. The number of fused-ring (bicyclic) bond motifs is 1. The maximum Gasteiger partial charge on any atom is 0.238 e. The zero-order valence-corrected chi connectivity index (χ0v) is 13.5. The fourth-order valence-corrected chi connectivity index (χ4v) is 4.18. The van der Waals surface area contributed by atoms with Crippen molar-refractivity contribution < 1.29 is 9.90 Å². The second-order valence-corrected chi connectivity index (χ2v) is 6.86. The van der Waals surface area contributed by atoms with Gasteiger partial charge in [-0.15, -0.1) is 0 Å². The number of aliphatic hydroxyl groups is 1. The molecule has 1 amide bonds. The molecule has 122 valence electrons. The summed E-state index contributed by atoms with van der Waals surface area (Å²) >= 11 is 0. The Balaban J connectivity index is 1.57. The quantitative estimate of drug-likeness (QED) is 0.878. The van der Waals surface area contributed by atoms with Crippen LogP contribution in [-0.2, 0) is 11.8 Å². The van der Waals surface area contributed by atoms with Crippen molar-refractivity contribution in [2.24, 2.45) is 18.9 Å². The van der Waals surface area contributed by atoms with Crippen molar-refractivity contribution in [2.45, 2.75) is 38.2 Å². The van der Waals surface area contributed by atoms with E-state index in [1.807, 2.05) is 7.05 Å². The first kappa shape index (κ1) is 15.5. The summed E-state index contributed by atoms with van der Waals surface area (Å²) in [6.45, 7) is 4.21. The van der Waals surface area contributed by atoms with Crippen LogP contribution >= 0.6 is 0 Å². The lowest BCUT2D eigenvalue weighted by Gasteiger charge is -2.40. The molecule has 0 bridgehead atoms. The van der Waals surface area contributed by atoms with E-state index in [4.69, 9.17) is 0 Å². The number of carbonyl (C=O) groups excluding carboxylic acids is 1. The number of nitrogens with zero attached hydrogens (tertiary/aromatic N) is 3. The monoisotopic (exact) mass is 306 g/mol. The lowest BCUT2D eigenvalue weighted by atomic mass is 9.69. The van der Waals surface area contributed by atoms with Crippen LogP contribution in [-0.4, -0.2) is 50.9 Å². The molecular formula is C16H26N4O2. The van der Waals surface area contributed by atoms with Crippen LogP contribution < -0.4 is 5.32 Å². The summed E-state index contributed by atoms with van der Waals surface area (Å²) in [5, 5.41) is 17.7. The molecule has 0 unspecified atom stereocenters. The van der Waals surface area contributed by atoms with Crippen LogP contribution in [0.4, 0.5) is 5.69 Å². The maximum atomic E-state index is 12.2. The number of aryl methyl sites for hydroxylation is 1. The van der Waals surface area contributed by atoms with Crippen molar-refractivity contribution in [1.82, 2.24) is 14.7 Å². The second-order valence-electron chi connectivity index (χ2n) is 6.86. The summed E-state index contributed by atoms with van der Waals surface area (Å²) in [4.78, 5) is 14.3. The van der Waals surface area contributed by atoms with Crippen LogP contribution in [0.25, 0.3) is 0 Å². The first-order valence-corrected chi connectivity index (χ1v) is 8.23. The highest BCUT2D eigenvalue weighted by Crippen LogP contribution is 2.44. The number of hydrogen-bond acceptors (Lipinski definition) is 4. The van der Waals surface area contributed by atoms with Crippen molar-refractivity contribution in [3.63, 3.8) is 0 Å². The topological polar surface area (TPSA) is 70.4 Å². The number of likely N-dealkylation sites (tertiary alicyclic amines) is 1. The molecule has 1 saturated carbocycles. The molecule has 1 aromatic heterocycles. The van der Waals surface area contributed by atoms with Gasteiger partial charge in [0.1, 0.15) is 0 Å². The predicted octanol–water partition coefficient (Wildman–Crippen LogP) is 1.23. The minimum atomic E-state index is -0.530. The molecule has 1 aliphatic heterocycles. The number of amides is 1. The molecule has 6 nitrogen and oxygen atoms in total. The highest BCUT2D eigenvalue weighted by atomic mass is 16.3. The number of rotatable bonds is 4. The van der Waals surface area contributed by atoms with Gasteiger partial charge in [-0.2, -0.15) is 5.10 Å². The summed E-state index contributed by atoms with van der Waals surface area (Å²) < 4.78 is 1.67. The molecule has 2 N–H and O–H groups in total. The van der Waals surface area contributed by atoms with Crippen molar-refractivity contribution in [2.75, 3.05) is 25.0 Å². The number of aromatic nitrogens is 2. The van der Waals surface area contributed by atoms with E-state index in [0.717, 1.165) is 38.0 Å². The summed E-state index contributed by atoms with van der Waals surface area (Å²) in [5.74, 6) is 0.842. The normalized spacial score (nSPS) is 32.0. The van der Waals surface area contributed by atoms with Gasteiger partial charge >= 0.3 is 0 Å². The van der Waals surface area contributed by atoms with E-state index in [1.54, 1.807) is 17.1 Å². The van der Waals surface area contributed by atoms with Gasteiger partial charge in [0.25, 0.3) is 0 Å². The van der Waals surface area contributed by atoms with E-state index >= 15 is 0 Å². The Morgan fingerprint density at radius 3 is 3.05 bits per heavy atom. The molecule has 2 fully saturated rings. The SMILES string of the molecule is CC[C@]1(O)CCC[C@H]2CN(CC(=O)Nc3cnn(C)c3)C[C@H]21. The second kappa shape index (κ2) is 6.01. The lowest BCUT2D eigenvalue weighted by Crippen LogP contribution is -2.44. The number of hydrogen-bond donors (Lipinski definition) is 2. The van der Waals surface area contributed by atoms with Crippen molar-refractivity contribution >= 4 is 11.6 Å². The van der Waals surface area contributed by atoms with Gasteiger partial charge in [0.15, 0.2) is 0 Å². The van der Waals surface area contributed by atoms with Crippen molar-refractivity contribution in [3.8, 4) is 0 Å². The fraction of sp³-hybridized carbons (Fsp3) is 0.750. The Labute approximate surface area is 131 Å². The van der Waals surface area contributed by atoms with Gasteiger partial charge in [-0.05, 0) is 25.2 Å². The first-order chi connectivity index (χ1) is 10.5. The van der Waals surface area contributed by atoms with Gasteiger partial charge in [0.05, 0.1) is 24.0 Å². The van der Waals surface area contributed by atoms with Crippen LogP contribution in [0.3, 0.4) is 0 Å². The van der Waals surface area contributed by atoms with E-state index in [9.17, 15) is 9.90 Å². The fourth-order valence-electron chi connectivity index (χ4n) is 4.18. The standard InChI is InChI=1S/C16H26N4O2/c1-3-16(22)6-4-5-12-8-20(10-14(12)16)11-15(21)18-13-7-17-19(2)9-13/h7,9,12,14,22H,3-6,8,10-11H2,1-2H3,(H,18,21)/t12-,14+,16-/m0/s1. The van der Waals surface area contributed by atoms with Gasteiger partial charge < -0.3 is 10.4 Å². The molecule has 6 heteroatoms. The van der Waals surface area contributed by atoms with Crippen molar-refractivity contribution in [3.05, 3.63) is 12.4 Å². The van der Waals surface area contributed by atoms with Gasteiger partial charge in [-0.1, -0.05) is 13.3 Å². The maximum absolute atomic E-state index is 12.2. The smallest absolute Gasteiger partial charge is 0.238 e. The number of nitrogens with one attached hydrogen (secondary N) is 1. The Morgan fingerprint density at radius 1 is 1.55 bits per heavy atom. The summed E-state index contributed by atoms with van der Waals surface area (Å²) in [7, 11) is 1.83. The summed E-state index contributed by atoms with van der Waals surface area (Å²) in [5.41, 5.74) is 0.200. The van der Waals surface area contributed by atoms with Crippen LogP contribution in [0.2, 0.25) is 0 Å². The van der Waals surface area contributed by atoms with E-state index in [1.165, 1.54) is 6.42 Å². The number of anilines is 1. The van der Waals surface area contributed by atoms with Crippen LogP contribution in [0, 0.1) is 11.8 Å². The number of carbonyl (C=O) groups is 1. The Hall–Kier alpha value is -1.40. The van der Waals surface area contributed by atoms with Crippen molar-refractivity contribution in [1.29, 1.82) is 0 Å². The predicted molar refractivity (Wildman–Crippen MR) is 84.3 cm³/mol. The van der Waals surface area contributed by atoms with E-state index in [0.29, 0.717) is 18.4 Å². The Bertz CT molecular complexity index is 544. The molecule has 2 heterocycles. The molecule has 22 heavy (non-hydrogen) atoms. The molecule has 0 spiro atoms. The van der Waals surface area contributed by atoms with E-state index in [2.05, 4.69) is 22.2 Å². The van der Waals surface area contributed by atoms with E-state index in [-0.39, 0.29) is 5.91 Å². The first-order valence-electron chi connectivity index (χ1n) is 8.23. The van der Waals surface area contributed by atoms with Gasteiger partial charge in [-0.25, -0.2) is 0 Å².